The number of nitrogens with two attached hydrogens (primary N) is 1. The molecule has 0 aliphatic rings. The Morgan fingerprint density at radius 2 is 2.08 bits per heavy atom. The molecule has 0 amide bonds. The molecule has 0 aromatic rings. The van der Waals surface area contributed by atoms with Gasteiger partial charge in [0.1, 0.15) is 6.04 Å². The second-order valence-electron chi connectivity index (χ2n) is 2.15. The van der Waals surface area contributed by atoms with Crippen molar-refractivity contribution in [3.8, 4) is 0 Å². The van der Waals surface area contributed by atoms with Crippen LogP contribution in [0.5, 0.6) is 0 Å². The van der Waals surface area contributed by atoms with Crippen LogP contribution in [0.25, 0.3) is 0 Å². The van der Waals surface area contributed by atoms with Crippen molar-refractivity contribution in [2.24, 2.45) is 5.73 Å². The third-order valence-corrected chi connectivity index (χ3v) is 1.61. The van der Waals surface area contributed by atoms with E-state index in [4.69, 9.17) is 20.6 Å². The molecule has 5 N–H and O–H groups in total. The van der Waals surface area contributed by atoms with E-state index in [-0.39, 0.29) is 6.42 Å². The lowest BCUT2D eigenvalue weighted by molar-refractivity contribution is -0.138. The van der Waals surface area contributed by atoms with Gasteiger partial charge in [0, 0.05) is 5.82 Å². The zero-order valence-corrected chi connectivity index (χ0v) is 7.02. The highest BCUT2D eigenvalue weighted by atomic mass is 31.2. The van der Waals surface area contributed by atoms with Gasteiger partial charge < -0.3 is 20.6 Å². The molecule has 0 aliphatic heterocycles. The van der Waals surface area contributed by atoms with E-state index in [2.05, 4.69) is 0 Å². The van der Waals surface area contributed by atoms with Crippen LogP contribution < -0.4 is 5.73 Å². The minimum absolute atomic E-state index is 0.0968. The molecule has 70 valence electrons. The average molecular weight is 195 g/mol. The van der Waals surface area contributed by atoms with Crippen LogP contribution in [0.2, 0.25) is 0 Å². The van der Waals surface area contributed by atoms with Crippen molar-refractivity contribution in [1.82, 2.24) is 0 Å². The molecule has 0 spiro atoms. The van der Waals surface area contributed by atoms with Crippen molar-refractivity contribution in [1.29, 1.82) is 0 Å². The number of hydrogen-bond donors (Lipinski definition) is 4. The summed E-state index contributed by atoms with van der Waals surface area (Å²) < 4.78 is 10.2. The highest BCUT2D eigenvalue weighted by Crippen LogP contribution is 2.35. The van der Waals surface area contributed by atoms with Crippen LogP contribution in [0.3, 0.4) is 0 Å². The predicted molar refractivity (Wildman–Crippen MR) is 41.4 cm³/mol. The van der Waals surface area contributed by atoms with Crippen molar-refractivity contribution in [3.05, 3.63) is 11.9 Å². The Labute approximate surface area is 68.9 Å². The first-order valence-electron chi connectivity index (χ1n) is 3.04. The number of rotatable bonds is 4. The molecule has 0 saturated heterocycles. The average Bonchev–Trinajstić information content (AvgIpc) is 1.84. The zero-order chi connectivity index (χ0) is 9.78. The van der Waals surface area contributed by atoms with Crippen LogP contribution >= 0.6 is 7.60 Å². The first-order valence-corrected chi connectivity index (χ1v) is 4.72. The van der Waals surface area contributed by atoms with Gasteiger partial charge in [-0.2, -0.15) is 0 Å². The van der Waals surface area contributed by atoms with Gasteiger partial charge in [0.05, 0.1) is 0 Å². The molecule has 0 heterocycles. The molecule has 0 aliphatic carbocycles. The molecule has 0 radical (unpaired) electrons. The van der Waals surface area contributed by atoms with E-state index in [1.807, 2.05) is 0 Å². The lowest BCUT2D eigenvalue weighted by atomic mass is 10.2. The molecule has 0 rings (SSSR count). The summed E-state index contributed by atoms with van der Waals surface area (Å²) >= 11 is 0. The molecule has 6 nitrogen and oxygen atoms in total. The van der Waals surface area contributed by atoms with Crippen molar-refractivity contribution in [3.63, 3.8) is 0 Å². The van der Waals surface area contributed by atoms with Gasteiger partial charge in [-0.3, -0.25) is 9.36 Å². The summed E-state index contributed by atoms with van der Waals surface area (Å²) in [6.07, 6.45) is 0.958. The Hall–Kier alpha value is -0.680. The van der Waals surface area contributed by atoms with Gasteiger partial charge in [0.25, 0.3) is 0 Å². The van der Waals surface area contributed by atoms with Crippen molar-refractivity contribution in [2.45, 2.75) is 12.5 Å². The van der Waals surface area contributed by atoms with Gasteiger partial charge in [-0.15, -0.1) is 0 Å². The fraction of sp³-hybridized carbons (Fsp3) is 0.400. The van der Waals surface area contributed by atoms with Crippen LogP contribution in [-0.2, 0) is 9.36 Å². The number of carbonyl (C=O) groups is 1. The lowest BCUT2D eigenvalue weighted by Gasteiger charge is -2.00. The third kappa shape index (κ3) is 6.06. The summed E-state index contributed by atoms with van der Waals surface area (Å²) in [6, 6.07) is -1.12. The molecular weight excluding hydrogens is 185 g/mol. The lowest BCUT2D eigenvalue weighted by Crippen LogP contribution is -2.29. The molecule has 1 unspecified atom stereocenters. The molecule has 0 bridgehead atoms. The van der Waals surface area contributed by atoms with E-state index >= 15 is 0 Å². The molecule has 7 heteroatoms. The first kappa shape index (κ1) is 11.3. The minimum Gasteiger partial charge on any atom is -0.480 e. The molecule has 0 saturated carbocycles. The van der Waals surface area contributed by atoms with Gasteiger partial charge in [-0.1, -0.05) is 6.08 Å². The Morgan fingerprint density at radius 3 is 2.42 bits per heavy atom. The van der Waals surface area contributed by atoms with Crippen LogP contribution in [-0.4, -0.2) is 26.9 Å². The van der Waals surface area contributed by atoms with Crippen LogP contribution in [0.15, 0.2) is 11.9 Å². The summed E-state index contributed by atoms with van der Waals surface area (Å²) in [6.45, 7) is 0. The topological polar surface area (TPSA) is 121 Å². The Bertz CT molecular complexity index is 232. The fourth-order valence-electron chi connectivity index (χ4n) is 0.446. The normalized spacial score (nSPS) is 14.9. The maximum absolute atomic E-state index is 10.2. The summed E-state index contributed by atoms with van der Waals surface area (Å²) in [4.78, 5) is 26.7. The molecular formula is C5H10NO5P. The van der Waals surface area contributed by atoms with Crippen molar-refractivity contribution >= 4 is 13.6 Å². The highest BCUT2D eigenvalue weighted by molar-refractivity contribution is 7.55. The third-order valence-electron chi connectivity index (χ3n) is 1.01. The van der Waals surface area contributed by atoms with Crippen LogP contribution in [0.4, 0.5) is 0 Å². The SMILES string of the molecule is NC(C/C=C\P(=O)(O)O)C(=O)O. The van der Waals surface area contributed by atoms with Gasteiger partial charge in [-0.25, -0.2) is 0 Å². The summed E-state index contributed by atoms with van der Waals surface area (Å²) in [5.74, 6) is -0.569. The summed E-state index contributed by atoms with van der Waals surface area (Å²) in [7, 11) is -4.18. The van der Waals surface area contributed by atoms with Gasteiger partial charge in [-0.05, 0) is 6.42 Å². The highest BCUT2D eigenvalue weighted by Gasteiger charge is 2.10. The number of aliphatic carboxylic acids is 1. The summed E-state index contributed by atoms with van der Waals surface area (Å²) in [5, 5.41) is 8.26. The quantitative estimate of drug-likeness (QED) is 0.448. The van der Waals surface area contributed by atoms with Crippen LogP contribution in [0.1, 0.15) is 6.42 Å². The minimum atomic E-state index is -4.18. The van der Waals surface area contributed by atoms with Crippen molar-refractivity contribution < 1.29 is 24.3 Å². The predicted octanol–water partition coefficient (Wildman–Crippen LogP) is -0.520. The molecule has 12 heavy (non-hydrogen) atoms. The van der Waals surface area contributed by atoms with Crippen molar-refractivity contribution in [2.75, 3.05) is 0 Å². The largest absolute Gasteiger partial charge is 0.480 e. The van der Waals surface area contributed by atoms with E-state index in [1.165, 1.54) is 0 Å². The second kappa shape index (κ2) is 4.37. The summed E-state index contributed by atoms with van der Waals surface area (Å²) in [5.41, 5.74) is 5.04. The van der Waals surface area contributed by atoms with E-state index in [1.54, 1.807) is 0 Å². The zero-order valence-electron chi connectivity index (χ0n) is 6.12. The van der Waals surface area contributed by atoms with Gasteiger partial charge in [0.2, 0.25) is 0 Å². The monoisotopic (exact) mass is 195 g/mol. The Morgan fingerprint density at radius 1 is 1.58 bits per heavy atom. The van der Waals surface area contributed by atoms with Gasteiger partial charge in [0.15, 0.2) is 0 Å². The molecule has 1 atom stereocenters. The maximum Gasteiger partial charge on any atom is 0.348 e. The van der Waals surface area contributed by atoms with Gasteiger partial charge >= 0.3 is 13.6 Å². The standard InChI is InChI=1S/C5H10NO5P/c6-4(5(7)8)2-1-3-12(9,10)11/h1,3-4H,2,6H2,(H,7,8)(H2,9,10,11)/b3-1-. The van der Waals surface area contributed by atoms with Crippen LogP contribution in [0, 0.1) is 0 Å². The molecule has 0 aromatic heterocycles. The van der Waals surface area contributed by atoms with E-state index < -0.39 is 19.6 Å². The molecule has 0 fully saturated rings. The van der Waals surface area contributed by atoms with E-state index in [0.29, 0.717) is 5.82 Å². The first-order chi connectivity index (χ1) is 5.33. The number of carboxylic acids is 1. The number of hydrogen-bond acceptors (Lipinski definition) is 3. The fourth-order valence-corrected chi connectivity index (χ4v) is 0.842. The Kier molecular flexibility index (Phi) is 4.12. The maximum atomic E-state index is 10.2. The smallest absolute Gasteiger partial charge is 0.348 e. The number of carboxylic acid groups (broad SMARTS) is 1. The van der Waals surface area contributed by atoms with E-state index in [9.17, 15) is 9.36 Å². The molecule has 0 aromatic carbocycles. The van der Waals surface area contributed by atoms with E-state index in [0.717, 1.165) is 6.08 Å². The second-order valence-corrected chi connectivity index (χ2v) is 3.63. The Balaban J connectivity index is 3.92.